The second-order valence-electron chi connectivity index (χ2n) is 3.17. The molecule has 0 aliphatic carbocycles. The molecule has 1 heterocycles. The molecule has 1 N–H and O–H groups in total. The molecular weight excluding hydrogens is 246 g/mol. The fourth-order valence-electron chi connectivity index (χ4n) is 1.06. The van der Waals surface area contributed by atoms with Crippen molar-refractivity contribution in [3.63, 3.8) is 0 Å². The molecule has 0 spiro atoms. The van der Waals surface area contributed by atoms with Gasteiger partial charge in [-0.15, -0.1) is 0 Å². The average Bonchev–Trinajstić information content (AvgIpc) is 2.40. The first kappa shape index (κ1) is 14.1. The number of hydrogen-bond acceptors (Lipinski definition) is 4. The summed E-state index contributed by atoms with van der Waals surface area (Å²) in [7, 11) is 1.36. The van der Waals surface area contributed by atoms with Crippen LogP contribution in [0.25, 0.3) is 0 Å². The highest BCUT2D eigenvalue weighted by Gasteiger charge is 2.04. The van der Waals surface area contributed by atoms with Crippen molar-refractivity contribution in [3.05, 3.63) is 71.9 Å². The van der Waals surface area contributed by atoms with Crippen LogP contribution in [0.4, 0.5) is 0 Å². The van der Waals surface area contributed by atoms with Gasteiger partial charge < -0.3 is 9.46 Å². The van der Waals surface area contributed by atoms with E-state index in [1.54, 1.807) is 18.4 Å². The van der Waals surface area contributed by atoms with Gasteiger partial charge in [0.15, 0.2) is 0 Å². The molecular formula is C14H15NO2S. The smallest absolute Gasteiger partial charge is 0.339 e. The number of hydrogen-bond donors (Lipinski definition) is 1. The third-order valence-corrected chi connectivity index (χ3v) is 2.45. The SMILES string of the molecule is COC(=O)C1=C\NS\C=C/C=C/C=C/C=C/C=C/1. The molecule has 0 amide bonds. The second-order valence-corrected chi connectivity index (χ2v) is 3.91. The van der Waals surface area contributed by atoms with Crippen LogP contribution in [-0.2, 0) is 9.53 Å². The van der Waals surface area contributed by atoms with E-state index in [1.807, 2.05) is 47.9 Å². The Kier molecular flexibility index (Phi) is 7.16. The fourth-order valence-corrected chi connectivity index (χ4v) is 1.50. The minimum absolute atomic E-state index is 0.376. The van der Waals surface area contributed by atoms with Gasteiger partial charge in [-0.25, -0.2) is 4.79 Å². The van der Waals surface area contributed by atoms with E-state index in [-0.39, 0.29) is 5.97 Å². The first-order valence-corrected chi connectivity index (χ1v) is 6.25. The molecule has 0 saturated heterocycles. The van der Waals surface area contributed by atoms with Crippen LogP contribution in [0.1, 0.15) is 0 Å². The summed E-state index contributed by atoms with van der Waals surface area (Å²) in [6.07, 6.45) is 18.4. The van der Waals surface area contributed by atoms with Crippen molar-refractivity contribution >= 4 is 17.9 Å². The van der Waals surface area contributed by atoms with E-state index in [1.165, 1.54) is 19.1 Å². The first-order valence-electron chi connectivity index (χ1n) is 5.37. The van der Waals surface area contributed by atoms with Gasteiger partial charge >= 0.3 is 5.97 Å². The Morgan fingerprint density at radius 2 is 1.67 bits per heavy atom. The Labute approximate surface area is 111 Å². The highest BCUT2D eigenvalue weighted by atomic mass is 32.2. The highest BCUT2D eigenvalue weighted by Crippen LogP contribution is 2.03. The molecule has 1 aliphatic heterocycles. The lowest BCUT2D eigenvalue weighted by Crippen LogP contribution is -2.05. The van der Waals surface area contributed by atoms with Crippen molar-refractivity contribution in [2.45, 2.75) is 0 Å². The molecule has 3 nitrogen and oxygen atoms in total. The van der Waals surface area contributed by atoms with Gasteiger partial charge in [0.05, 0.1) is 12.7 Å². The molecule has 0 unspecified atom stereocenters. The van der Waals surface area contributed by atoms with Crippen molar-refractivity contribution in [2.75, 3.05) is 7.11 Å². The van der Waals surface area contributed by atoms with Crippen molar-refractivity contribution in [1.29, 1.82) is 0 Å². The zero-order valence-electron chi connectivity index (χ0n) is 10.1. The van der Waals surface area contributed by atoms with Crippen LogP contribution in [0.15, 0.2) is 71.9 Å². The van der Waals surface area contributed by atoms with Gasteiger partial charge in [0.1, 0.15) is 0 Å². The summed E-state index contributed by atoms with van der Waals surface area (Å²) >= 11 is 1.37. The van der Waals surface area contributed by atoms with Gasteiger partial charge in [-0.05, 0) is 23.4 Å². The molecule has 0 aromatic carbocycles. The van der Waals surface area contributed by atoms with Crippen LogP contribution in [0.2, 0.25) is 0 Å². The Hall–Kier alpha value is -1.94. The molecule has 0 radical (unpaired) electrons. The number of carbonyl (C=O) groups is 1. The monoisotopic (exact) mass is 261 g/mol. The van der Waals surface area contributed by atoms with Gasteiger partial charge in [-0.3, -0.25) is 0 Å². The van der Waals surface area contributed by atoms with E-state index < -0.39 is 0 Å². The van der Waals surface area contributed by atoms with Crippen LogP contribution in [-0.4, -0.2) is 13.1 Å². The molecule has 4 heteroatoms. The third kappa shape index (κ3) is 5.96. The molecule has 0 aromatic heterocycles. The van der Waals surface area contributed by atoms with Gasteiger partial charge in [-0.2, -0.15) is 0 Å². The van der Waals surface area contributed by atoms with Crippen molar-refractivity contribution < 1.29 is 9.53 Å². The van der Waals surface area contributed by atoms with Crippen molar-refractivity contribution in [2.24, 2.45) is 0 Å². The number of carbonyl (C=O) groups excluding carboxylic acids is 1. The van der Waals surface area contributed by atoms with Crippen LogP contribution in [0, 0.1) is 0 Å². The molecule has 0 saturated carbocycles. The van der Waals surface area contributed by atoms with Crippen LogP contribution >= 0.6 is 11.9 Å². The summed E-state index contributed by atoms with van der Waals surface area (Å²) < 4.78 is 7.63. The fraction of sp³-hybridized carbons (Fsp3) is 0.0714. The Morgan fingerprint density at radius 1 is 1.06 bits per heavy atom. The largest absolute Gasteiger partial charge is 0.465 e. The third-order valence-electron chi connectivity index (χ3n) is 1.90. The van der Waals surface area contributed by atoms with Crippen LogP contribution < -0.4 is 4.72 Å². The molecule has 94 valence electrons. The second kappa shape index (κ2) is 9.13. The van der Waals surface area contributed by atoms with Gasteiger partial charge in [0.25, 0.3) is 0 Å². The summed E-state index contributed by atoms with van der Waals surface area (Å²) in [5, 5.41) is 1.88. The van der Waals surface area contributed by atoms with E-state index in [0.29, 0.717) is 5.57 Å². The van der Waals surface area contributed by atoms with Crippen molar-refractivity contribution in [1.82, 2.24) is 4.72 Å². The van der Waals surface area contributed by atoms with E-state index in [9.17, 15) is 4.79 Å². The summed E-state index contributed by atoms with van der Waals surface area (Å²) in [5.41, 5.74) is 0.458. The lowest BCUT2D eigenvalue weighted by atomic mass is 10.2. The van der Waals surface area contributed by atoms with Gasteiger partial charge in [-0.1, -0.05) is 48.6 Å². The molecule has 0 fully saturated rings. The summed E-state index contributed by atoms with van der Waals surface area (Å²) in [6, 6.07) is 0. The topological polar surface area (TPSA) is 38.3 Å². The number of esters is 1. The number of nitrogens with one attached hydrogen (secondary N) is 1. The maximum Gasteiger partial charge on any atom is 0.339 e. The van der Waals surface area contributed by atoms with Gasteiger partial charge in [0.2, 0.25) is 0 Å². The minimum atomic E-state index is -0.376. The number of rotatable bonds is 1. The first-order chi connectivity index (χ1) is 8.84. The predicted octanol–water partition coefficient (Wildman–Crippen LogP) is 3.03. The summed E-state index contributed by atoms with van der Waals surface area (Å²) in [6.45, 7) is 0. The van der Waals surface area contributed by atoms with Crippen LogP contribution in [0.3, 0.4) is 0 Å². The molecule has 1 rings (SSSR count). The zero-order chi connectivity index (χ0) is 13.1. The number of ether oxygens (including phenoxy) is 1. The minimum Gasteiger partial charge on any atom is -0.465 e. The van der Waals surface area contributed by atoms with Gasteiger partial charge in [0, 0.05) is 6.20 Å². The standard InChI is InChI=1S/C14H15NO2S/c1-17-14(16)13-10-8-6-4-2-3-5-7-9-11-18-15-12-13/h2-12,15H,1H3/b3-2+,6-4+,7-5+,10-8+,11-9-,13-12+. The molecule has 0 aromatic rings. The lowest BCUT2D eigenvalue weighted by Gasteiger charge is -2.00. The maximum absolute atomic E-state index is 11.4. The molecule has 0 bridgehead atoms. The number of allylic oxidation sites excluding steroid dienone is 8. The Balaban J connectivity index is 2.82. The molecule has 18 heavy (non-hydrogen) atoms. The average molecular weight is 261 g/mol. The highest BCUT2D eigenvalue weighted by molar-refractivity contribution is 8.00. The number of methoxy groups -OCH3 is 1. The van der Waals surface area contributed by atoms with E-state index in [4.69, 9.17) is 0 Å². The molecule has 0 atom stereocenters. The lowest BCUT2D eigenvalue weighted by molar-refractivity contribution is -0.135. The van der Waals surface area contributed by atoms with E-state index >= 15 is 0 Å². The van der Waals surface area contributed by atoms with Crippen LogP contribution in [0.5, 0.6) is 0 Å². The Morgan fingerprint density at radius 3 is 2.33 bits per heavy atom. The van der Waals surface area contributed by atoms with Crippen molar-refractivity contribution in [3.8, 4) is 0 Å². The molecule has 1 aliphatic rings. The Bertz CT molecular complexity index is 443. The quantitative estimate of drug-likeness (QED) is 0.581. The normalized spacial score (nSPS) is 27.5. The zero-order valence-corrected chi connectivity index (χ0v) is 10.9. The predicted molar refractivity (Wildman–Crippen MR) is 76.5 cm³/mol. The summed E-state index contributed by atoms with van der Waals surface area (Å²) in [4.78, 5) is 11.4. The summed E-state index contributed by atoms with van der Waals surface area (Å²) in [5.74, 6) is -0.376. The maximum atomic E-state index is 11.4. The van der Waals surface area contributed by atoms with E-state index in [2.05, 4.69) is 9.46 Å². The van der Waals surface area contributed by atoms with E-state index in [0.717, 1.165) is 0 Å².